The summed E-state index contributed by atoms with van der Waals surface area (Å²) in [6.07, 6.45) is 3.17. The summed E-state index contributed by atoms with van der Waals surface area (Å²) in [6.45, 7) is 0.441. The standard InChI is InChI=1S/C18H15F3N4O/c1-11-4-12(2-3-14(11)19)13-5-16-15(22-6-13)7-23-25(16)8-17(26)24-9-18(20,21)10-24/h2-7H,8-10H2,1H3. The molecule has 1 fully saturated rings. The Labute approximate surface area is 147 Å². The molecule has 3 aromatic rings. The zero-order valence-corrected chi connectivity index (χ0v) is 13.9. The molecule has 8 heteroatoms. The molecule has 1 aliphatic rings. The fourth-order valence-corrected chi connectivity index (χ4v) is 2.98. The number of rotatable bonds is 3. The van der Waals surface area contributed by atoms with Gasteiger partial charge in [-0.1, -0.05) is 6.07 Å². The monoisotopic (exact) mass is 360 g/mol. The minimum atomic E-state index is -2.79. The minimum absolute atomic E-state index is 0.132. The van der Waals surface area contributed by atoms with E-state index in [4.69, 9.17) is 0 Å². The lowest BCUT2D eigenvalue weighted by Gasteiger charge is -2.38. The third kappa shape index (κ3) is 2.91. The van der Waals surface area contributed by atoms with E-state index in [0.29, 0.717) is 16.6 Å². The summed E-state index contributed by atoms with van der Waals surface area (Å²) in [5.74, 6) is -3.49. The normalized spacial score (nSPS) is 15.9. The first-order valence-corrected chi connectivity index (χ1v) is 8.06. The van der Waals surface area contributed by atoms with Crippen molar-refractivity contribution in [2.45, 2.75) is 19.4 Å². The molecule has 0 bridgehead atoms. The first kappa shape index (κ1) is 16.6. The summed E-state index contributed by atoms with van der Waals surface area (Å²) in [6, 6.07) is 6.56. The highest BCUT2D eigenvalue weighted by molar-refractivity contribution is 5.83. The van der Waals surface area contributed by atoms with E-state index in [0.717, 1.165) is 16.0 Å². The second-order valence-corrected chi connectivity index (χ2v) is 6.50. The molecule has 1 saturated heterocycles. The number of carbonyl (C=O) groups is 1. The molecule has 0 unspecified atom stereocenters. The Morgan fingerprint density at radius 3 is 2.65 bits per heavy atom. The zero-order chi connectivity index (χ0) is 18.5. The molecule has 0 aliphatic carbocycles. The number of nitrogens with zero attached hydrogens (tertiary/aromatic N) is 4. The number of alkyl halides is 2. The van der Waals surface area contributed by atoms with Crippen molar-refractivity contribution < 1.29 is 18.0 Å². The highest BCUT2D eigenvalue weighted by Crippen LogP contribution is 2.27. The smallest absolute Gasteiger partial charge is 0.282 e. The third-order valence-corrected chi connectivity index (χ3v) is 4.47. The molecule has 1 amide bonds. The van der Waals surface area contributed by atoms with E-state index in [1.165, 1.54) is 16.9 Å². The van der Waals surface area contributed by atoms with Crippen LogP contribution in [0.15, 0.2) is 36.7 Å². The predicted molar refractivity (Wildman–Crippen MR) is 89.2 cm³/mol. The molecule has 26 heavy (non-hydrogen) atoms. The molecular weight excluding hydrogens is 345 g/mol. The Morgan fingerprint density at radius 1 is 1.19 bits per heavy atom. The highest BCUT2D eigenvalue weighted by Gasteiger charge is 2.46. The van der Waals surface area contributed by atoms with Crippen molar-refractivity contribution in [1.82, 2.24) is 19.7 Å². The molecule has 1 aromatic carbocycles. The maximum Gasteiger partial charge on any atom is 0.282 e. The molecule has 2 aromatic heterocycles. The van der Waals surface area contributed by atoms with Gasteiger partial charge in [0.15, 0.2) is 0 Å². The maximum atomic E-state index is 13.5. The van der Waals surface area contributed by atoms with Crippen LogP contribution in [-0.4, -0.2) is 44.6 Å². The molecule has 0 N–H and O–H groups in total. The second kappa shape index (κ2) is 5.82. The van der Waals surface area contributed by atoms with Crippen molar-refractivity contribution in [3.8, 4) is 11.1 Å². The Balaban J connectivity index is 1.62. The first-order valence-electron chi connectivity index (χ1n) is 8.06. The summed E-state index contributed by atoms with van der Waals surface area (Å²) in [4.78, 5) is 17.6. The van der Waals surface area contributed by atoms with Crippen molar-refractivity contribution in [2.24, 2.45) is 0 Å². The molecule has 3 heterocycles. The van der Waals surface area contributed by atoms with Gasteiger partial charge in [-0.2, -0.15) is 5.10 Å². The molecule has 5 nitrogen and oxygen atoms in total. The second-order valence-electron chi connectivity index (χ2n) is 6.50. The van der Waals surface area contributed by atoms with Gasteiger partial charge in [0, 0.05) is 11.8 Å². The van der Waals surface area contributed by atoms with Crippen molar-refractivity contribution in [3.05, 3.63) is 48.0 Å². The van der Waals surface area contributed by atoms with Crippen LogP contribution in [0.4, 0.5) is 13.2 Å². The van der Waals surface area contributed by atoms with Gasteiger partial charge in [0.05, 0.1) is 24.8 Å². The van der Waals surface area contributed by atoms with E-state index in [-0.39, 0.29) is 12.4 Å². The lowest BCUT2D eigenvalue weighted by atomic mass is 10.0. The number of pyridine rings is 1. The van der Waals surface area contributed by atoms with Crippen LogP contribution >= 0.6 is 0 Å². The molecule has 4 rings (SSSR count). The third-order valence-electron chi connectivity index (χ3n) is 4.47. The summed E-state index contributed by atoms with van der Waals surface area (Å²) in [5, 5.41) is 4.14. The van der Waals surface area contributed by atoms with Crippen LogP contribution in [0, 0.1) is 12.7 Å². The largest absolute Gasteiger partial charge is 0.329 e. The van der Waals surface area contributed by atoms with Crippen LogP contribution in [0.25, 0.3) is 22.2 Å². The molecule has 0 saturated carbocycles. The Bertz CT molecular complexity index is 1010. The fraction of sp³-hybridized carbons (Fsp3) is 0.278. The van der Waals surface area contributed by atoms with Gasteiger partial charge in [-0.3, -0.25) is 14.5 Å². The van der Waals surface area contributed by atoms with Gasteiger partial charge in [-0.25, -0.2) is 13.2 Å². The van der Waals surface area contributed by atoms with Gasteiger partial charge in [0.25, 0.3) is 5.92 Å². The van der Waals surface area contributed by atoms with E-state index >= 15 is 0 Å². The van der Waals surface area contributed by atoms with Crippen LogP contribution in [0.2, 0.25) is 0 Å². The van der Waals surface area contributed by atoms with Crippen LogP contribution in [0.5, 0.6) is 0 Å². The van der Waals surface area contributed by atoms with Crippen molar-refractivity contribution in [2.75, 3.05) is 13.1 Å². The van der Waals surface area contributed by atoms with Gasteiger partial charge >= 0.3 is 0 Å². The number of fused-ring (bicyclic) bond motifs is 1. The molecule has 1 aliphatic heterocycles. The summed E-state index contributed by atoms with van der Waals surface area (Å²) >= 11 is 0. The van der Waals surface area contributed by atoms with E-state index in [1.54, 1.807) is 31.3 Å². The van der Waals surface area contributed by atoms with Gasteiger partial charge in [-0.05, 0) is 36.2 Å². The number of aryl methyl sites for hydroxylation is 1. The van der Waals surface area contributed by atoms with Crippen LogP contribution in [-0.2, 0) is 11.3 Å². The Morgan fingerprint density at radius 2 is 1.96 bits per heavy atom. The van der Waals surface area contributed by atoms with E-state index in [1.807, 2.05) is 0 Å². The van der Waals surface area contributed by atoms with Gasteiger partial charge in [0.2, 0.25) is 5.91 Å². The quantitative estimate of drug-likeness (QED) is 0.721. The van der Waals surface area contributed by atoms with Gasteiger partial charge in [0.1, 0.15) is 17.9 Å². The average molecular weight is 360 g/mol. The fourth-order valence-electron chi connectivity index (χ4n) is 2.98. The lowest BCUT2D eigenvalue weighted by Crippen LogP contribution is -2.59. The molecule has 0 spiro atoms. The summed E-state index contributed by atoms with van der Waals surface area (Å²) in [5.41, 5.74) is 3.27. The van der Waals surface area contributed by atoms with Crippen LogP contribution in [0.1, 0.15) is 5.56 Å². The first-order chi connectivity index (χ1) is 12.3. The number of likely N-dealkylation sites (tertiary alicyclic amines) is 1. The van der Waals surface area contributed by atoms with Crippen LogP contribution in [0.3, 0.4) is 0 Å². The number of aromatic nitrogens is 3. The van der Waals surface area contributed by atoms with Gasteiger partial charge in [-0.15, -0.1) is 0 Å². The number of halogens is 3. The number of benzene rings is 1. The summed E-state index contributed by atoms with van der Waals surface area (Å²) < 4.78 is 40.8. The highest BCUT2D eigenvalue weighted by atomic mass is 19.3. The van der Waals surface area contributed by atoms with E-state index < -0.39 is 24.9 Å². The summed E-state index contributed by atoms with van der Waals surface area (Å²) in [7, 11) is 0. The number of amides is 1. The van der Waals surface area contributed by atoms with Crippen molar-refractivity contribution >= 4 is 16.9 Å². The molecular formula is C18H15F3N4O. The number of hydrogen-bond acceptors (Lipinski definition) is 3. The minimum Gasteiger partial charge on any atom is -0.329 e. The topological polar surface area (TPSA) is 51.0 Å². The SMILES string of the molecule is Cc1cc(-c2cnc3cnn(CC(=O)N4CC(F)(F)C4)c3c2)ccc1F. The Hall–Kier alpha value is -2.90. The molecule has 134 valence electrons. The Kier molecular flexibility index (Phi) is 3.71. The van der Waals surface area contributed by atoms with Crippen LogP contribution < -0.4 is 0 Å². The average Bonchev–Trinajstić information content (AvgIpc) is 2.97. The number of hydrogen-bond donors (Lipinski definition) is 0. The predicted octanol–water partition coefficient (Wildman–Crippen LogP) is 3.02. The lowest BCUT2D eigenvalue weighted by molar-refractivity contribution is -0.166. The van der Waals surface area contributed by atoms with E-state index in [9.17, 15) is 18.0 Å². The van der Waals surface area contributed by atoms with E-state index in [2.05, 4.69) is 10.1 Å². The zero-order valence-electron chi connectivity index (χ0n) is 13.9. The van der Waals surface area contributed by atoms with Crippen molar-refractivity contribution in [1.29, 1.82) is 0 Å². The molecule has 0 atom stereocenters. The van der Waals surface area contributed by atoms with Gasteiger partial charge < -0.3 is 4.90 Å². The van der Waals surface area contributed by atoms with Crippen molar-refractivity contribution in [3.63, 3.8) is 0 Å². The maximum absolute atomic E-state index is 13.5. The molecule has 0 radical (unpaired) electrons. The number of carbonyl (C=O) groups excluding carboxylic acids is 1.